The standard InChI is InChI=1S/C14H19ClN2O3S/c1-10-6-7-12(11(15)9-10)16-14(18)13-5-3-4-8-17(13)21(2,19)20/h6-7,9,13H,3-5,8H2,1-2H3,(H,16,18)/t13-/m1/s1. The lowest BCUT2D eigenvalue weighted by Gasteiger charge is -2.32. The average molecular weight is 331 g/mol. The molecule has 7 heteroatoms. The number of hydrogen-bond donors (Lipinski definition) is 1. The molecule has 1 fully saturated rings. The molecule has 0 aromatic heterocycles. The first-order valence-electron chi connectivity index (χ1n) is 6.83. The maximum absolute atomic E-state index is 12.4. The number of piperidine rings is 1. The number of carbonyl (C=O) groups is 1. The van der Waals surface area contributed by atoms with Crippen LogP contribution in [-0.4, -0.2) is 37.5 Å². The van der Waals surface area contributed by atoms with Gasteiger partial charge in [-0.1, -0.05) is 24.1 Å². The van der Waals surface area contributed by atoms with E-state index in [1.807, 2.05) is 13.0 Å². The number of benzene rings is 1. The van der Waals surface area contributed by atoms with Gasteiger partial charge in [0.2, 0.25) is 15.9 Å². The molecule has 5 nitrogen and oxygen atoms in total. The highest BCUT2D eigenvalue weighted by Gasteiger charge is 2.34. The molecule has 0 spiro atoms. The molecule has 0 aliphatic carbocycles. The van der Waals surface area contributed by atoms with Crippen molar-refractivity contribution in [2.75, 3.05) is 18.1 Å². The van der Waals surface area contributed by atoms with E-state index in [1.54, 1.807) is 12.1 Å². The molecule has 1 amide bonds. The molecule has 1 aliphatic rings. The van der Waals surface area contributed by atoms with Crippen LogP contribution in [0.4, 0.5) is 5.69 Å². The van der Waals surface area contributed by atoms with Crippen LogP contribution in [-0.2, 0) is 14.8 Å². The van der Waals surface area contributed by atoms with Crippen molar-refractivity contribution in [1.82, 2.24) is 4.31 Å². The highest BCUT2D eigenvalue weighted by Crippen LogP contribution is 2.25. The van der Waals surface area contributed by atoms with Crippen molar-refractivity contribution in [3.8, 4) is 0 Å². The first-order valence-corrected chi connectivity index (χ1v) is 9.05. The second-order valence-electron chi connectivity index (χ2n) is 5.36. The van der Waals surface area contributed by atoms with Crippen molar-refractivity contribution in [3.63, 3.8) is 0 Å². The van der Waals surface area contributed by atoms with Crippen LogP contribution in [0.25, 0.3) is 0 Å². The molecule has 1 aliphatic heterocycles. The summed E-state index contributed by atoms with van der Waals surface area (Å²) in [4.78, 5) is 12.4. The maximum atomic E-state index is 12.4. The van der Waals surface area contributed by atoms with Crippen LogP contribution in [0.15, 0.2) is 18.2 Å². The Labute approximate surface area is 130 Å². The maximum Gasteiger partial charge on any atom is 0.242 e. The number of amides is 1. The number of nitrogens with zero attached hydrogens (tertiary/aromatic N) is 1. The van der Waals surface area contributed by atoms with E-state index in [0.29, 0.717) is 23.7 Å². The van der Waals surface area contributed by atoms with E-state index < -0.39 is 16.1 Å². The van der Waals surface area contributed by atoms with Gasteiger partial charge in [0.1, 0.15) is 6.04 Å². The first-order chi connectivity index (χ1) is 9.79. The molecule has 0 radical (unpaired) electrons. The molecule has 1 saturated heterocycles. The van der Waals surface area contributed by atoms with Crippen LogP contribution in [0.5, 0.6) is 0 Å². The van der Waals surface area contributed by atoms with Crippen LogP contribution in [0, 0.1) is 6.92 Å². The lowest BCUT2D eigenvalue weighted by molar-refractivity contribution is -0.120. The number of sulfonamides is 1. The van der Waals surface area contributed by atoms with Gasteiger partial charge in [0.15, 0.2) is 0 Å². The van der Waals surface area contributed by atoms with Crippen LogP contribution in [0.2, 0.25) is 5.02 Å². The summed E-state index contributed by atoms with van der Waals surface area (Å²) >= 11 is 6.09. The molecule has 0 saturated carbocycles. The molecule has 1 heterocycles. The van der Waals surface area contributed by atoms with Crippen molar-refractivity contribution in [1.29, 1.82) is 0 Å². The molecule has 0 unspecified atom stereocenters. The van der Waals surface area contributed by atoms with Gasteiger partial charge >= 0.3 is 0 Å². The molecule has 1 N–H and O–H groups in total. The van der Waals surface area contributed by atoms with Gasteiger partial charge in [-0.2, -0.15) is 4.31 Å². The fraction of sp³-hybridized carbons (Fsp3) is 0.500. The minimum absolute atomic E-state index is 0.328. The highest BCUT2D eigenvalue weighted by atomic mass is 35.5. The predicted octanol–water partition coefficient (Wildman–Crippen LogP) is 2.40. The van der Waals surface area contributed by atoms with Gasteiger partial charge in [-0.25, -0.2) is 8.42 Å². The van der Waals surface area contributed by atoms with Crippen molar-refractivity contribution in [3.05, 3.63) is 28.8 Å². The van der Waals surface area contributed by atoms with E-state index in [0.717, 1.165) is 24.7 Å². The Bertz CT molecular complexity index is 646. The number of halogens is 1. The fourth-order valence-corrected chi connectivity index (χ4v) is 3.91. The monoisotopic (exact) mass is 330 g/mol. The summed E-state index contributed by atoms with van der Waals surface area (Å²) in [5.41, 5.74) is 1.50. The molecule has 0 bridgehead atoms. The van der Waals surface area contributed by atoms with Crippen molar-refractivity contribution < 1.29 is 13.2 Å². The lowest BCUT2D eigenvalue weighted by Crippen LogP contribution is -2.49. The predicted molar refractivity (Wildman–Crippen MR) is 84.0 cm³/mol. The molecule has 116 valence electrons. The Hall–Kier alpha value is -1.11. The van der Waals surface area contributed by atoms with Crippen LogP contribution < -0.4 is 5.32 Å². The van der Waals surface area contributed by atoms with Crippen LogP contribution >= 0.6 is 11.6 Å². The van der Waals surface area contributed by atoms with E-state index in [2.05, 4.69) is 5.32 Å². The molecule has 1 aromatic rings. The molecule has 1 atom stereocenters. The van der Waals surface area contributed by atoms with E-state index in [9.17, 15) is 13.2 Å². The average Bonchev–Trinajstić information content (AvgIpc) is 2.41. The molecular weight excluding hydrogens is 312 g/mol. The smallest absolute Gasteiger partial charge is 0.242 e. The Morgan fingerprint density at radius 1 is 1.38 bits per heavy atom. The number of hydrogen-bond acceptors (Lipinski definition) is 3. The number of anilines is 1. The SMILES string of the molecule is Cc1ccc(NC(=O)[C@H]2CCCCN2S(C)(=O)=O)c(Cl)c1. The largest absolute Gasteiger partial charge is 0.323 e. The number of aryl methyl sites for hydroxylation is 1. The zero-order valence-electron chi connectivity index (χ0n) is 12.1. The summed E-state index contributed by atoms with van der Waals surface area (Å²) in [6.07, 6.45) is 3.29. The summed E-state index contributed by atoms with van der Waals surface area (Å²) in [5.74, 6) is -0.328. The van der Waals surface area contributed by atoms with E-state index in [-0.39, 0.29) is 5.91 Å². The van der Waals surface area contributed by atoms with Crippen molar-refractivity contribution in [2.45, 2.75) is 32.2 Å². The number of rotatable bonds is 3. The number of nitrogens with one attached hydrogen (secondary N) is 1. The second kappa shape index (κ2) is 6.34. The third-order valence-corrected chi connectivity index (χ3v) is 5.17. The van der Waals surface area contributed by atoms with E-state index in [4.69, 9.17) is 11.6 Å². The van der Waals surface area contributed by atoms with Crippen molar-refractivity contribution >= 4 is 33.2 Å². The van der Waals surface area contributed by atoms with E-state index in [1.165, 1.54) is 4.31 Å². The van der Waals surface area contributed by atoms with Gasteiger partial charge in [0, 0.05) is 6.54 Å². The highest BCUT2D eigenvalue weighted by molar-refractivity contribution is 7.88. The third-order valence-electron chi connectivity index (χ3n) is 3.56. The Morgan fingerprint density at radius 3 is 2.71 bits per heavy atom. The van der Waals surface area contributed by atoms with Gasteiger partial charge in [-0.3, -0.25) is 4.79 Å². The topological polar surface area (TPSA) is 66.5 Å². The minimum atomic E-state index is -3.39. The van der Waals surface area contributed by atoms with E-state index >= 15 is 0 Å². The fourth-order valence-electron chi connectivity index (χ4n) is 2.50. The minimum Gasteiger partial charge on any atom is -0.323 e. The zero-order valence-corrected chi connectivity index (χ0v) is 13.7. The summed E-state index contributed by atoms with van der Waals surface area (Å²) in [5, 5.41) is 3.18. The van der Waals surface area contributed by atoms with Gasteiger partial charge in [0.25, 0.3) is 0 Å². The Morgan fingerprint density at radius 2 is 2.10 bits per heavy atom. The summed E-state index contributed by atoms with van der Waals surface area (Å²) in [6, 6.07) is 4.66. The molecule has 2 rings (SSSR count). The zero-order chi connectivity index (χ0) is 15.6. The normalized spacial score (nSPS) is 20.2. The van der Waals surface area contributed by atoms with Crippen LogP contribution in [0.3, 0.4) is 0 Å². The summed E-state index contributed by atoms with van der Waals surface area (Å²) in [6.45, 7) is 2.29. The molecule has 21 heavy (non-hydrogen) atoms. The third kappa shape index (κ3) is 3.96. The Balaban J connectivity index is 2.18. The van der Waals surface area contributed by atoms with Gasteiger partial charge < -0.3 is 5.32 Å². The molecule has 1 aromatic carbocycles. The summed E-state index contributed by atoms with van der Waals surface area (Å²) in [7, 11) is -3.39. The van der Waals surface area contributed by atoms with Gasteiger partial charge in [0.05, 0.1) is 17.0 Å². The first kappa shape index (κ1) is 16.3. The van der Waals surface area contributed by atoms with Gasteiger partial charge in [-0.05, 0) is 37.5 Å². The summed E-state index contributed by atoms with van der Waals surface area (Å²) < 4.78 is 24.8. The van der Waals surface area contributed by atoms with Crippen molar-refractivity contribution in [2.24, 2.45) is 0 Å². The molecular formula is C14H19ClN2O3S. The number of carbonyl (C=O) groups excluding carboxylic acids is 1. The Kier molecular flexibility index (Phi) is 4.91. The lowest BCUT2D eigenvalue weighted by atomic mass is 10.0. The second-order valence-corrected chi connectivity index (χ2v) is 7.70. The van der Waals surface area contributed by atoms with Crippen LogP contribution in [0.1, 0.15) is 24.8 Å². The van der Waals surface area contributed by atoms with Gasteiger partial charge in [-0.15, -0.1) is 0 Å². The quantitative estimate of drug-likeness (QED) is 0.925.